The van der Waals surface area contributed by atoms with E-state index in [-0.39, 0.29) is 6.04 Å². The smallest absolute Gasteiger partial charge is 0.241 e. The van der Waals surface area contributed by atoms with Crippen LogP contribution in [0.3, 0.4) is 0 Å². The molecule has 1 heterocycles. The molecular formula is C15H24N2O2S2. The number of sulfonamides is 1. The summed E-state index contributed by atoms with van der Waals surface area (Å²) in [6, 6.07) is 2.60. The molecule has 6 heteroatoms. The van der Waals surface area contributed by atoms with Crippen LogP contribution >= 0.6 is 11.3 Å². The summed E-state index contributed by atoms with van der Waals surface area (Å²) in [6.45, 7) is 4.87. The van der Waals surface area contributed by atoms with Gasteiger partial charge in [0.25, 0.3) is 0 Å². The van der Waals surface area contributed by atoms with Gasteiger partial charge in [-0.2, -0.15) is 0 Å². The Morgan fingerprint density at radius 3 is 2.57 bits per heavy atom. The lowest BCUT2D eigenvalue weighted by atomic mass is 10.1. The number of aryl methyl sites for hydroxylation is 1. The van der Waals surface area contributed by atoms with Gasteiger partial charge in [0.2, 0.25) is 10.0 Å². The SMILES string of the molecule is Cc1sc(CNC2CC2)cc1S(=O)(=O)NC1CCC(C)C1. The third-order valence-corrected chi connectivity index (χ3v) is 7.20. The molecule has 0 amide bonds. The van der Waals surface area contributed by atoms with E-state index in [9.17, 15) is 8.42 Å². The number of thiophene rings is 1. The van der Waals surface area contributed by atoms with Crippen molar-refractivity contribution in [2.75, 3.05) is 0 Å². The topological polar surface area (TPSA) is 58.2 Å². The van der Waals surface area contributed by atoms with E-state index >= 15 is 0 Å². The number of hydrogen-bond donors (Lipinski definition) is 2. The van der Waals surface area contributed by atoms with Gasteiger partial charge in [0.05, 0.1) is 4.90 Å². The zero-order valence-electron chi connectivity index (χ0n) is 12.7. The second-order valence-corrected chi connectivity index (χ2v) is 9.55. The maximum atomic E-state index is 12.6. The first-order chi connectivity index (χ1) is 9.94. The van der Waals surface area contributed by atoms with Crippen molar-refractivity contribution in [1.82, 2.24) is 10.0 Å². The third kappa shape index (κ3) is 3.86. The highest BCUT2D eigenvalue weighted by atomic mass is 32.2. The van der Waals surface area contributed by atoms with E-state index in [1.165, 1.54) is 12.8 Å². The fraction of sp³-hybridized carbons (Fsp3) is 0.733. The molecule has 118 valence electrons. The summed E-state index contributed by atoms with van der Waals surface area (Å²) < 4.78 is 28.0. The van der Waals surface area contributed by atoms with Crippen LogP contribution < -0.4 is 10.0 Å². The predicted octanol–water partition coefficient (Wildman–Crippen LogP) is 2.78. The Hall–Kier alpha value is -0.430. The fourth-order valence-corrected chi connectivity index (χ4v) is 5.88. The summed E-state index contributed by atoms with van der Waals surface area (Å²) in [5, 5.41) is 3.44. The van der Waals surface area contributed by atoms with Crippen molar-refractivity contribution in [2.45, 2.75) is 69.5 Å². The lowest BCUT2D eigenvalue weighted by Crippen LogP contribution is -2.33. The van der Waals surface area contributed by atoms with Gasteiger partial charge in [-0.05, 0) is 51.0 Å². The van der Waals surface area contributed by atoms with E-state index in [1.54, 1.807) is 11.3 Å². The quantitative estimate of drug-likeness (QED) is 0.844. The normalized spacial score (nSPS) is 26.4. The van der Waals surface area contributed by atoms with Crippen LogP contribution in [0.2, 0.25) is 0 Å². The first-order valence-electron chi connectivity index (χ1n) is 7.79. The average molecular weight is 329 g/mol. The highest BCUT2D eigenvalue weighted by Gasteiger charge is 2.28. The van der Waals surface area contributed by atoms with Crippen LogP contribution in [0.1, 0.15) is 48.8 Å². The van der Waals surface area contributed by atoms with Gasteiger partial charge in [-0.25, -0.2) is 13.1 Å². The van der Waals surface area contributed by atoms with Gasteiger partial charge in [-0.15, -0.1) is 11.3 Å². The Morgan fingerprint density at radius 2 is 1.95 bits per heavy atom. The van der Waals surface area contributed by atoms with Crippen molar-refractivity contribution in [3.8, 4) is 0 Å². The van der Waals surface area contributed by atoms with Crippen LogP contribution in [-0.2, 0) is 16.6 Å². The molecule has 4 nitrogen and oxygen atoms in total. The monoisotopic (exact) mass is 328 g/mol. The van der Waals surface area contributed by atoms with Crippen molar-refractivity contribution in [3.63, 3.8) is 0 Å². The van der Waals surface area contributed by atoms with E-state index in [0.717, 1.165) is 35.6 Å². The molecule has 0 bridgehead atoms. The summed E-state index contributed by atoms with van der Waals surface area (Å²) in [7, 11) is -3.37. The second kappa shape index (κ2) is 5.99. The molecule has 2 aliphatic carbocycles. The molecule has 21 heavy (non-hydrogen) atoms. The Bertz CT molecular complexity index is 605. The maximum Gasteiger partial charge on any atom is 0.241 e. The zero-order valence-corrected chi connectivity index (χ0v) is 14.3. The minimum Gasteiger partial charge on any atom is -0.309 e. The van der Waals surface area contributed by atoms with Gasteiger partial charge in [-0.1, -0.05) is 6.92 Å². The Balaban J connectivity index is 1.68. The number of rotatable bonds is 6. The Labute approximate surface area is 131 Å². The van der Waals surface area contributed by atoms with Gasteiger partial charge in [0.1, 0.15) is 0 Å². The lowest BCUT2D eigenvalue weighted by Gasteiger charge is -2.12. The molecule has 2 N–H and O–H groups in total. The summed E-state index contributed by atoms with van der Waals surface area (Å²) in [4.78, 5) is 2.47. The predicted molar refractivity (Wildman–Crippen MR) is 86.0 cm³/mol. The molecule has 0 spiro atoms. The van der Waals surface area contributed by atoms with Gasteiger partial charge in [0.15, 0.2) is 0 Å². The van der Waals surface area contributed by atoms with Crippen molar-refractivity contribution in [3.05, 3.63) is 15.8 Å². The van der Waals surface area contributed by atoms with E-state index < -0.39 is 10.0 Å². The first-order valence-corrected chi connectivity index (χ1v) is 10.1. The summed E-state index contributed by atoms with van der Waals surface area (Å²) in [6.07, 6.45) is 5.53. The molecule has 2 fully saturated rings. The van der Waals surface area contributed by atoms with Crippen LogP contribution in [-0.4, -0.2) is 20.5 Å². The zero-order chi connectivity index (χ0) is 15.0. The maximum absolute atomic E-state index is 12.6. The summed E-state index contributed by atoms with van der Waals surface area (Å²) in [5.41, 5.74) is 0. The molecule has 1 aromatic heterocycles. The second-order valence-electron chi connectivity index (χ2n) is 6.52. The standard InChI is InChI=1S/C15H24N2O2S2/c1-10-3-4-13(7-10)17-21(18,19)15-8-14(20-11(15)2)9-16-12-5-6-12/h8,10,12-13,16-17H,3-7,9H2,1-2H3. The molecule has 1 aromatic rings. The molecule has 2 unspecified atom stereocenters. The summed E-state index contributed by atoms with van der Waals surface area (Å²) >= 11 is 1.59. The first kappa shape index (κ1) is 15.5. The van der Waals surface area contributed by atoms with Gasteiger partial charge < -0.3 is 5.32 Å². The molecular weight excluding hydrogens is 304 g/mol. The van der Waals surface area contributed by atoms with Crippen LogP contribution in [0.25, 0.3) is 0 Å². The average Bonchev–Trinajstić information content (AvgIpc) is 3.03. The number of nitrogens with one attached hydrogen (secondary N) is 2. The molecule has 2 aliphatic rings. The molecule has 0 saturated heterocycles. The van der Waals surface area contributed by atoms with Crippen molar-refractivity contribution < 1.29 is 8.42 Å². The Kier molecular flexibility index (Phi) is 4.41. The van der Waals surface area contributed by atoms with Gasteiger partial charge >= 0.3 is 0 Å². The van der Waals surface area contributed by atoms with Crippen LogP contribution in [0.4, 0.5) is 0 Å². The van der Waals surface area contributed by atoms with E-state index in [2.05, 4.69) is 17.0 Å². The molecule has 0 radical (unpaired) electrons. The van der Waals surface area contributed by atoms with Gasteiger partial charge in [0, 0.05) is 28.4 Å². The minimum absolute atomic E-state index is 0.109. The van der Waals surface area contributed by atoms with Crippen LogP contribution in [0, 0.1) is 12.8 Å². The molecule has 0 aliphatic heterocycles. The molecule has 0 aromatic carbocycles. The third-order valence-electron chi connectivity index (χ3n) is 4.37. The van der Waals surface area contributed by atoms with E-state index in [0.29, 0.717) is 16.9 Å². The van der Waals surface area contributed by atoms with E-state index in [4.69, 9.17) is 0 Å². The largest absolute Gasteiger partial charge is 0.309 e. The van der Waals surface area contributed by atoms with Crippen molar-refractivity contribution >= 4 is 21.4 Å². The highest BCUT2D eigenvalue weighted by Crippen LogP contribution is 2.30. The Morgan fingerprint density at radius 1 is 1.24 bits per heavy atom. The van der Waals surface area contributed by atoms with E-state index in [1.807, 2.05) is 13.0 Å². The molecule has 2 atom stereocenters. The highest BCUT2D eigenvalue weighted by molar-refractivity contribution is 7.89. The summed E-state index contributed by atoms with van der Waals surface area (Å²) in [5.74, 6) is 0.625. The van der Waals surface area contributed by atoms with Crippen molar-refractivity contribution in [2.24, 2.45) is 5.92 Å². The van der Waals surface area contributed by atoms with Gasteiger partial charge in [-0.3, -0.25) is 0 Å². The lowest BCUT2D eigenvalue weighted by molar-refractivity contribution is 0.538. The van der Waals surface area contributed by atoms with Crippen LogP contribution in [0.5, 0.6) is 0 Å². The molecule has 2 saturated carbocycles. The fourth-order valence-electron chi connectivity index (χ4n) is 3.01. The van der Waals surface area contributed by atoms with Crippen LogP contribution in [0.15, 0.2) is 11.0 Å². The molecule has 3 rings (SSSR count). The van der Waals surface area contributed by atoms with Crippen molar-refractivity contribution in [1.29, 1.82) is 0 Å². The minimum atomic E-state index is -3.37. The number of hydrogen-bond acceptors (Lipinski definition) is 4.